The number of hydrogen-bond acceptors (Lipinski definition) is 1. The van der Waals surface area contributed by atoms with E-state index < -0.39 is 0 Å². The summed E-state index contributed by atoms with van der Waals surface area (Å²) in [4.78, 5) is 0. The van der Waals surface area contributed by atoms with Crippen molar-refractivity contribution in [3.63, 3.8) is 0 Å². The minimum Gasteiger partial charge on any atom is -0.383 e. The van der Waals surface area contributed by atoms with Crippen molar-refractivity contribution in [2.75, 3.05) is 0 Å². The monoisotopic (exact) mass is 153 g/mol. The van der Waals surface area contributed by atoms with E-state index in [9.17, 15) is 0 Å². The maximum absolute atomic E-state index is 5.90. The Hall–Kier alpha value is -0.690. The summed E-state index contributed by atoms with van der Waals surface area (Å²) in [5.74, 6) is 0.381. The van der Waals surface area contributed by atoms with Crippen LogP contribution in [0.1, 0.15) is 0 Å². The van der Waals surface area contributed by atoms with Gasteiger partial charge in [-0.3, -0.25) is 0 Å². The molecule has 2 atom stereocenters. The average molecular weight is 154 g/mol. The molecular weight excluding hydrogens is 146 g/mol. The normalized spacial score (nSPS) is 35.1. The van der Waals surface area contributed by atoms with E-state index in [1.807, 2.05) is 18.4 Å². The van der Waals surface area contributed by atoms with Gasteiger partial charge >= 0.3 is 0 Å². The molecule has 1 aliphatic heterocycles. The zero-order valence-electron chi connectivity index (χ0n) is 5.42. The smallest absolute Gasteiger partial charge is 0.0555 e. The van der Waals surface area contributed by atoms with Crippen LogP contribution >= 0.6 is 11.6 Å². The molecule has 0 saturated heterocycles. The van der Waals surface area contributed by atoms with Crippen LogP contribution in [0.5, 0.6) is 0 Å². The molecule has 0 saturated carbocycles. The largest absolute Gasteiger partial charge is 0.383 e. The van der Waals surface area contributed by atoms with E-state index in [0.29, 0.717) is 12.0 Å². The van der Waals surface area contributed by atoms with Crippen LogP contribution < -0.4 is 5.32 Å². The lowest BCUT2D eigenvalue weighted by molar-refractivity contribution is 0.644. The van der Waals surface area contributed by atoms with Gasteiger partial charge < -0.3 is 5.32 Å². The van der Waals surface area contributed by atoms with E-state index in [1.54, 1.807) is 0 Å². The topological polar surface area (TPSA) is 12.0 Å². The fourth-order valence-electron chi connectivity index (χ4n) is 1.30. The first-order valence-corrected chi connectivity index (χ1v) is 3.72. The summed E-state index contributed by atoms with van der Waals surface area (Å²) < 4.78 is 0. The molecule has 2 heteroatoms. The highest BCUT2D eigenvalue weighted by Gasteiger charge is 2.24. The van der Waals surface area contributed by atoms with Gasteiger partial charge in [-0.2, -0.15) is 0 Å². The summed E-state index contributed by atoms with van der Waals surface area (Å²) in [6.45, 7) is 0. The minimum atomic E-state index is 0.381. The number of halogens is 1. The van der Waals surface area contributed by atoms with Gasteiger partial charge in [-0.05, 0) is 0 Å². The SMILES string of the molecule is ClC1=CNC2C=CC=CC12. The Morgan fingerprint density at radius 2 is 2.10 bits per heavy atom. The number of fused-ring (bicyclic) bond motifs is 1. The van der Waals surface area contributed by atoms with Gasteiger partial charge in [0.05, 0.1) is 6.04 Å². The highest BCUT2D eigenvalue weighted by molar-refractivity contribution is 6.30. The molecule has 0 spiro atoms. The van der Waals surface area contributed by atoms with Crippen molar-refractivity contribution in [2.24, 2.45) is 5.92 Å². The molecule has 0 amide bonds. The first-order valence-electron chi connectivity index (χ1n) is 3.34. The van der Waals surface area contributed by atoms with Gasteiger partial charge in [0, 0.05) is 17.2 Å². The third-order valence-electron chi connectivity index (χ3n) is 1.87. The molecule has 1 aliphatic carbocycles. The van der Waals surface area contributed by atoms with Crippen molar-refractivity contribution < 1.29 is 0 Å². The van der Waals surface area contributed by atoms with E-state index in [0.717, 1.165) is 5.03 Å². The van der Waals surface area contributed by atoms with Crippen molar-refractivity contribution in [3.8, 4) is 0 Å². The summed E-state index contributed by atoms with van der Waals surface area (Å²) in [6.07, 6.45) is 10.2. The lowest BCUT2D eigenvalue weighted by Gasteiger charge is -2.15. The van der Waals surface area contributed by atoms with Crippen molar-refractivity contribution in [2.45, 2.75) is 6.04 Å². The second-order valence-corrected chi connectivity index (χ2v) is 2.95. The summed E-state index contributed by atoms with van der Waals surface area (Å²) in [5, 5.41) is 4.08. The summed E-state index contributed by atoms with van der Waals surface area (Å²) in [6, 6.07) is 0.400. The van der Waals surface area contributed by atoms with Crippen molar-refractivity contribution >= 4 is 11.6 Å². The van der Waals surface area contributed by atoms with E-state index in [-0.39, 0.29) is 0 Å². The number of hydrogen-bond donors (Lipinski definition) is 1. The molecule has 1 nitrogen and oxygen atoms in total. The maximum Gasteiger partial charge on any atom is 0.0555 e. The van der Waals surface area contributed by atoms with Crippen LogP contribution in [0.2, 0.25) is 0 Å². The summed E-state index contributed by atoms with van der Waals surface area (Å²) in [5.41, 5.74) is 0. The Labute approximate surface area is 65.1 Å². The minimum absolute atomic E-state index is 0.381. The second-order valence-electron chi connectivity index (χ2n) is 2.52. The van der Waals surface area contributed by atoms with Crippen molar-refractivity contribution in [3.05, 3.63) is 35.5 Å². The Kier molecular flexibility index (Phi) is 1.31. The summed E-state index contributed by atoms with van der Waals surface area (Å²) in [7, 11) is 0. The average Bonchev–Trinajstić information content (AvgIpc) is 2.34. The van der Waals surface area contributed by atoms with Crippen LogP contribution in [0.15, 0.2) is 35.5 Å². The first-order chi connectivity index (χ1) is 4.88. The Morgan fingerprint density at radius 3 is 2.90 bits per heavy atom. The van der Waals surface area contributed by atoms with Gasteiger partial charge in [0.2, 0.25) is 0 Å². The molecule has 1 N–H and O–H groups in total. The molecule has 0 radical (unpaired) electrons. The zero-order chi connectivity index (χ0) is 6.97. The molecular formula is C8H8ClN. The highest BCUT2D eigenvalue weighted by atomic mass is 35.5. The van der Waals surface area contributed by atoms with E-state index in [2.05, 4.69) is 17.5 Å². The first kappa shape index (κ1) is 6.05. The predicted octanol–water partition coefficient (Wildman–Crippen LogP) is 1.78. The van der Waals surface area contributed by atoms with Gasteiger partial charge in [0.15, 0.2) is 0 Å². The molecule has 0 fully saturated rings. The summed E-state index contributed by atoms with van der Waals surface area (Å²) >= 11 is 5.90. The van der Waals surface area contributed by atoms with Crippen LogP contribution in [0, 0.1) is 5.92 Å². The molecule has 0 bridgehead atoms. The van der Waals surface area contributed by atoms with Crippen LogP contribution in [-0.4, -0.2) is 6.04 Å². The third-order valence-corrected chi connectivity index (χ3v) is 2.23. The number of rotatable bonds is 0. The van der Waals surface area contributed by atoms with Crippen molar-refractivity contribution in [1.29, 1.82) is 0 Å². The molecule has 0 aromatic rings. The highest BCUT2D eigenvalue weighted by Crippen LogP contribution is 2.28. The van der Waals surface area contributed by atoms with Crippen LogP contribution in [0.25, 0.3) is 0 Å². The fourth-order valence-corrected chi connectivity index (χ4v) is 1.57. The lowest BCUT2D eigenvalue weighted by atomic mass is 9.98. The second kappa shape index (κ2) is 2.17. The molecule has 1 heterocycles. The molecule has 0 aromatic carbocycles. The fraction of sp³-hybridized carbons (Fsp3) is 0.250. The molecule has 0 aromatic heterocycles. The van der Waals surface area contributed by atoms with Gasteiger partial charge in [-0.15, -0.1) is 0 Å². The van der Waals surface area contributed by atoms with Crippen LogP contribution in [0.4, 0.5) is 0 Å². The molecule has 10 heavy (non-hydrogen) atoms. The lowest BCUT2D eigenvalue weighted by Crippen LogP contribution is -2.24. The Bertz CT molecular complexity index is 227. The molecule has 2 unspecified atom stereocenters. The standard InChI is InChI=1S/C8H8ClN/c9-7-5-10-8-4-2-1-3-6(7)8/h1-6,8,10H. The van der Waals surface area contributed by atoms with Crippen LogP contribution in [0.3, 0.4) is 0 Å². The van der Waals surface area contributed by atoms with E-state index >= 15 is 0 Å². The van der Waals surface area contributed by atoms with Crippen molar-refractivity contribution in [1.82, 2.24) is 5.32 Å². The van der Waals surface area contributed by atoms with E-state index in [4.69, 9.17) is 11.6 Å². The van der Waals surface area contributed by atoms with Gasteiger partial charge in [-0.1, -0.05) is 35.9 Å². The van der Waals surface area contributed by atoms with Crippen LogP contribution in [-0.2, 0) is 0 Å². The number of nitrogens with one attached hydrogen (secondary N) is 1. The van der Waals surface area contributed by atoms with Gasteiger partial charge in [0.25, 0.3) is 0 Å². The van der Waals surface area contributed by atoms with E-state index in [1.165, 1.54) is 0 Å². The Balaban J connectivity index is 2.27. The maximum atomic E-state index is 5.90. The molecule has 52 valence electrons. The molecule has 2 rings (SSSR count). The number of allylic oxidation sites excluding steroid dienone is 2. The molecule has 2 aliphatic rings. The van der Waals surface area contributed by atoms with Gasteiger partial charge in [0.1, 0.15) is 0 Å². The third kappa shape index (κ3) is 0.781. The van der Waals surface area contributed by atoms with Gasteiger partial charge in [-0.25, -0.2) is 0 Å². The zero-order valence-corrected chi connectivity index (χ0v) is 6.18. The Morgan fingerprint density at radius 1 is 1.30 bits per heavy atom. The predicted molar refractivity (Wildman–Crippen MR) is 42.6 cm³/mol. The quantitative estimate of drug-likeness (QED) is 0.560.